The predicted octanol–water partition coefficient (Wildman–Crippen LogP) is 2.66. The molecule has 4 nitrogen and oxygen atoms in total. The van der Waals surface area contributed by atoms with Crippen LogP contribution in [0.1, 0.15) is 51.3 Å². The average molecular weight is 264 g/mol. The fraction of sp³-hybridized carbons (Fsp3) is 0.733. The SMILES string of the molecule is CCOC1(C(=O)Cc2nccn2C)CCCCCC1. The largest absolute Gasteiger partial charge is 0.367 e. The average Bonchev–Trinajstić information content (AvgIpc) is 2.66. The van der Waals surface area contributed by atoms with Crippen LogP contribution < -0.4 is 0 Å². The minimum absolute atomic E-state index is 0.200. The minimum Gasteiger partial charge on any atom is -0.367 e. The number of aryl methyl sites for hydroxylation is 1. The first-order valence-electron chi connectivity index (χ1n) is 7.31. The minimum atomic E-state index is -0.558. The van der Waals surface area contributed by atoms with Crippen molar-refractivity contribution in [2.75, 3.05) is 6.61 Å². The molecule has 0 bridgehead atoms. The molecule has 0 spiro atoms. The van der Waals surface area contributed by atoms with E-state index in [4.69, 9.17) is 4.74 Å². The topological polar surface area (TPSA) is 44.1 Å². The molecule has 2 rings (SSSR count). The van der Waals surface area contributed by atoms with Gasteiger partial charge in [0.05, 0.1) is 6.42 Å². The number of carbonyl (C=O) groups is 1. The lowest BCUT2D eigenvalue weighted by Crippen LogP contribution is -2.42. The van der Waals surface area contributed by atoms with Crippen LogP contribution in [0.4, 0.5) is 0 Å². The Morgan fingerprint density at radius 3 is 2.58 bits per heavy atom. The van der Waals surface area contributed by atoms with Crippen LogP contribution in [0.25, 0.3) is 0 Å². The summed E-state index contributed by atoms with van der Waals surface area (Å²) in [6.07, 6.45) is 10.3. The van der Waals surface area contributed by atoms with Crippen LogP contribution >= 0.6 is 0 Å². The summed E-state index contributed by atoms with van der Waals surface area (Å²) in [7, 11) is 1.93. The lowest BCUT2D eigenvalue weighted by molar-refractivity contribution is -0.145. The summed E-state index contributed by atoms with van der Waals surface area (Å²) >= 11 is 0. The molecule has 0 radical (unpaired) electrons. The molecule has 19 heavy (non-hydrogen) atoms. The zero-order valence-electron chi connectivity index (χ0n) is 12.0. The second-order valence-corrected chi connectivity index (χ2v) is 5.40. The van der Waals surface area contributed by atoms with E-state index in [0.717, 1.165) is 31.5 Å². The molecule has 1 aromatic heterocycles. The first-order chi connectivity index (χ1) is 9.18. The van der Waals surface area contributed by atoms with Crippen molar-refractivity contribution in [3.05, 3.63) is 18.2 Å². The number of imidazole rings is 1. The highest BCUT2D eigenvalue weighted by molar-refractivity contribution is 5.88. The number of ketones is 1. The third-order valence-electron chi connectivity index (χ3n) is 4.08. The zero-order chi connectivity index (χ0) is 13.7. The smallest absolute Gasteiger partial charge is 0.172 e. The van der Waals surface area contributed by atoms with Crippen molar-refractivity contribution < 1.29 is 9.53 Å². The number of Topliss-reactive ketones (excluding diaryl/α,β-unsaturated/α-hetero) is 1. The van der Waals surface area contributed by atoms with E-state index in [1.807, 2.05) is 24.7 Å². The highest BCUT2D eigenvalue weighted by atomic mass is 16.5. The Balaban J connectivity index is 2.13. The van der Waals surface area contributed by atoms with E-state index in [-0.39, 0.29) is 5.78 Å². The summed E-state index contributed by atoms with van der Waals surface area (Å²) < 4.78 is 7.83. The monoisotopic (exact) mass is 264 g/mol. The molecule has 0 N–H and O–H groups in total. The van der Waals surface area contributed by atoms with Gasteiger partial charge in [-0.3, -0.25) is 4.79 Å². The highest BCUT2D eigenvalue weighted by Gasteiger charge is 2.39. The van der Waals surface area contributed by atoms with Crippen molar-refractivity contribution in [3.63, 3.8) is 0 Å². The number of ether oxygens (including phenoxy) is 1. The molecule has 1 fully saturated rings. The maximum absolute atomic E-state index is 12.7. The molecule has 0 aliphatic heterocycles. The molecular formula is C15H24N2O2. The Kier molecular flexibility index (Phi) is 4.75. The van der Waals surface area contributed by atoms with Crippen molar-refractivity contribution in [3.8, 4) is 0 Å². The quantitative estimate of drug-likeness (QED) is 0.768. The third-order valence-corrected chi connectivity index (χ3v) is 4.08. The van der Waals surface area contributed by atoms with Crippen LogP contribution in [0.3, 0.4) is 0 Å². The second-order valence-electron chi connectivity index (χ2n) is 5.40. The molecular weight excluding hydrogens is 240 g/mol. The molecule has 0 aromatic carbocycles. The number of aromatic nitrogens is 2. The molecule has 1 heterocycles. The van der Waals surface area contributed by atoms with Crippen LogP contribution in [0.15, 0.2) is 12.4 Å². The Morgan fingerprint density at radius 1 is 1.37 bits per heavy atom. The van der Waals surface area contributed by atoms with Gasteiger partial charge in [-0.1, -0.05) is 25.7 Å². The van der Waals surface area contributed by atoms with Gasteiger partial charge in [0.2, 0.25) is 0 Å². The van der Waals surface area contributed by atoms with Gasteiger partial charge in [-0.25, -0.2) is 4.98 Å². The molecule has 4 heteroatoms. The number of rotatable bonds is 5. The van der Waals surface area contributed by atoms with E-state index in [2.05, 4.69) is 4.98 Å². The van der Waals surface area contributed by atoms with Crippen molar-refractivity contribution >= 4 is 5.78 Å². The molecule has 1 aliphatic rings. The van der Waals surface area contributed by atoms with Gasteiger partial charge >= 0.3 is 0 Å². The van der Waals surface area contributed by atoms with E-state index >= 15 is 0 Å². The van der Waals surface area contributed by atoms with Crippen molar-refractivity contribution in [2.24, 2.45) is 7.05 Å². The first kappa shape index (κ1) is 14.3. The maximum Gasteiger partial charge on any atom is 0.172 e. The van der Waals surface area contributed by atoms with Crippen molar-refractivity contribution in [1.82, 2.24) is 9.55 Å². The summed E-state index contributed by atoms with van der Waals surface area (Å²) in [4.78, 5) is 17.0. The Hall–Kier alpha value is -1.16. The van der Waals surface area contributed by atoms with Gasteiger partial charge in [0.25, 0.3) is 0 Å². The molecule has 0 unspecified atom stereocenters. The predicted molar refractivity (Wildman–Crippen MR) is 74.0 cm³/mol. The van der Waals surface area contributed by atoms with E-state index in [0.29, 0.717) is 13.0 Å². The molecule has 1 saturated carbocycles. The van der Waals surface area contributed by atoms with Gasteiger partial charge in [0, 0.05) is 26.0 Å². The summed E-state index contributed by atoms with van der Waals surface area (Å²) in [6, 6.07) is 0. The Bertz CT molecular complexity index is 418. The van der Waals surface area contributed by atoms with Gasteiger partial charge < -0.3 is 9.30 Å². The van der Waals surface area contributed by atoms with E-state index < -0.39 is 5.60 Å². The second kappa shape index (κ2) is 6.33. The summed E-state index contributed by atoms with van der Waals surface area (Å²) in [5.74, 6) is 1.03. The lowest BCUT2D eigenvalue weighted by atomic mass is 9.87. The lowest BCUT2D eigenvalue weighted by Gasteiger charge is -2.31. The number of hydrogen-bond donors (Lipinski definition) is 0. The zero-order valence-corrected chi connectivity index (χ0v) is 12.0. The van der Waals surface area contributed by atoms with Crippen LogP contribution in [-0.4, -0.2) is 27.5 Å². The van der Waals surface area contributed by atoms with E-state index in [1.165, 1.54) is 12.8 Å². The van der Waals surface area contributed by atoms with Crippen LogP contribution in [-0.2, 0) is 23.0 Å². The van der Waals surface area contributed by atoms with Gasteiger partial charge in [-0.15, -0.1) is 0 Å². The highest BCUT2D eigenvalue weighted by Crippen LogP contribution is 2.32. The molecule has 0 amide bonds. The van der Waals surface area contributed by atoms with E-state index in [9.17, 15) is 4.79 Å². The first-order valence-corrected chi connectivity index (χ1v) is 7.31. The molecule has 1 aliphatic carbocycles. The Morgan fingerprint density at radius 2 is 2.05 bits per heavy atom. The number of carbonyl (C=O) groups excluding carboxylic acids is 1. The molecule has 0 atom stereocenters. The van der Waals surface area contributed by atoms with Crippen LogP contribution in [0.2, 0.25) is 0 Å². The van der Waals surface area contributed by atoms with E-state index in [1.54, 1.807) is 6.20 Å². The number of nitrogens with zero attached hydrogens (tertiary/aromatic N) is 2. The van der Waals surface area contributed by atoms with Gasteiger partial charge in [-0.2, -0.15) is 0 Å². The summed E-state index contributed by atoms with van der Waals surface area (Å²) in [6.45, 7) is 2.58. The van der Waals surface area contributed by atoms with Gasteiger partial charge in [0.1, 0.15) is 11.4 Å². The fourth-order valence-electron chi connectivity index (χ4n) is 2.95. The fourth-order valence-corrected chi connectivity index (χ4v) is 2.95. The molecule has 1 aromatic rings. The maximum atomic E-state index is 12.7. The summed E-state index contributed by atoms with van der Waals surface area (Å²) in [5.41, 5.74) is -0.558. The number of hydrogen-bond acceptors (Lipinski definition) is 3. The standard InChI is InChI=1S/C15H24N2O2/c1-3-19-15(8-6-4-5-7-9-15)13(18)12-14-16-10-11-17(14)2/h10-11H,3-9,12H2,1-2H3. The van der Waals surface area contributed by atoms with Crippen molar-refractivity contribution in [2.45, 2.75) is 57.5 Å². The normalized spacial score (nSPS) is 19.1. The van der Waals surface area contributed by atoms with Crippen LogP contribution in [0, 0.1) is 0 Å². The molecule has 106 valence electrons. The summed E-state index contributed by atoms with van der Waals surface area (Å²) in [5, 5.41) is 0. The van der Waals surface area contributed by atoms with Crippen molar-refractivity contribution in [1.29, 1.82) is 0 Å². The Labute approximate surface area is 115 Å². The molecule has 0 saturated heterocycles. The van der Waals surface area contributed by atoms with Crippen LogP contribution in [0.5, 0.6) is 0 Å². The van der Waals surface area contributed by atoms with Gasteiger partial charge in [0.15, 0.2) is 5.78 Å². The van der Waals surface area contributed by atoms with Gasteiger partial charge in [-0.05, 0) is 19.8 Å². The third kappa shape index (κ3) is 3.24.